The molecule has 0 aromatic heterocycles. The summed E-state index contributed by atoms with van der Waals surface area (Å²) in [5.41, 5.74) is 1.02. The molecule has 0 heterocycles. The van der Waals surface area contributed by atoms with Crippen molar-refractivity contribution in [3.63, 3.8) is 0 Å². The molecule has 0 bridgehead atoms. The number of benzene rings is 4. The average Bonchev–Trinajstić information content (AvgIpc) is 3.56. The third-order valence-corrected chi connectivity index (χ3v) is 10.4. The van der Waals surface area contributed by atoms with Crippen LogP contribution in [0.5, 0.6) is 0 Å². The third-order valence-electron chi connectivity index (χ3n) is 8.06. The molecule has 0 saturated heterocycles. The Bertz CT molecular complexity index is 1770. The molecular formula is C35H34Cl2FN3O4S. The van der Waals surface area contributed by atoms with Crippen molar-refractivity contribution in [1.29, 1.82) is 0 Å². The fourth-order valence-corrected chi connectivity index (χ4v) is 7.55. The zero-order valence-electron chi connectivity index (χ0n) is 25.0. The predicted molar refractivity (Wildman–Crippen MR) is 179 cm³/mol. The van der Waals surface area contributed by atoms with Gasteiger partial charge in [-0.1, -0.05) is 103 Å². The Balaban J connectivity index is 1.58. The number of para-hydroxylation sites is 1. The lowest BCUT2D eigenvalue weighted by Crippen LogP contribution is -2.54. The summed E-state index contributed by atoms with van der Waals surface area (Å²) in [6.45, 7) is -0.897. The van der Waals surface area contributed by atoms with E-state index in [0.717, 1.165) is 41.6 Å². The predicted octanol–water partition coefficient (Wildman–Crippen LogP) is 7.03. The maximum atomic E-state index is 15.3. The number of halogens is 3. The van der Waals surface area contributed by atoms with E-state index in [4.69, 9.17) is 23.2 Å². The lowest BCUT2D eigenvalue weighted by atomic mass is 10.0. The van der Waals surface area contributed by atoms with Crippen LogP contribution in [0.15, 0.2) is 108 Å². The Morgan fingerprint density at radius 2 is 1.50 bits per heavy atom. The van der Waals surface area contributed by atoms with E-state index in [1.54, 1.807) is 30.3 Å². The largest absolute Gasteiger partial charge is 0.352 e. The average molecular weight is 683 g/mol. The summed E-state index contributed by atoms with van der Waals surface area (Å²) in [4.78, 5) is 29.8. The number of carbonyl (C=O) groups excluding carboxylic acids is 2. The van der Waals surface area contributed by atoms with Crippen molar-refractivity contribution in [2.24, 2.45) is 0 Å². The zero-order valence-corrected chi connectivity index (χ0v) is 27.3. The van der Waals surface area contributed by atoms with Gasteiger partial charge in [0.15, 0.2) is 0 Å². The Morgan fingerprint density at radius 3 is 2.15 bits per heavy atom. The van der Waals surface area contributed by atoms with Gasteiger partial charge in [0.05, 0.1) is 10.6 Å². The van der Waals surface area contributed by atoms with Crippen molar-refractivity contribution < 1.29 is 22.4 Å². The minimum absolute atomic E-state index is 0.0322. The highest BCUT2D eigenvalue weighted by molar-refractivity contribution is 7.92. The van der Waals surface area contributed by atoms with Crippen molar-refractivity contribution in [1.82, 2.24) is 10.2 Å². The van der Waals surface area contributed by atoms with E-state index in [0.29, 0.717) is 10.6 Å². The van der Waals surface area contributed by atoms with Crippen molar-refractivity contribution >= 4 is 50.7 Å². The van der Waals surface area contributed by atoms with Crippen LogP contribution in [0.3, 0.4) is 0 Å². The molecule has 0 aliphatic heterocycles. The van der Waals surface area contributed by atoms with Gasteiger partial charge in [0.25, 0.3) is 10.0 Å². The minimum atomic E-state index is -4.41. The van der Waals surface area contributed by atoms with Crippen molar-refractivity contribution in [3.05, 3.63) is 130 Å². The molecule has 4 aromatic carbocycles. The summed E-state index contributed by atoms with van der Waals surface area (Å²) >= 11 is 12.7. The molecule has 5 rings (SSSR count). The van der Waals surface area contributed by atoms with Crippen LogP contribution in [0.25, 0.3) is 0 Å². The van der Waals surface area contributed by atoms with Crippen LogP contribution in [-0.2, 0) is 32.6 Å². The van der Waals surface area contributed by atoms with Crippen LogP contribution in [0.4, 0.5) is 10.1 Å². The number of carbonyl (C=O) groups is 2. The van der Waals surface area contributed by atoms with Crippen molar-refractivity contribution in [2.45, 2.75) is 55.6 Å². The Hall–Kier alpha value is -3.92. The summed E-state index contributed by atoms with van der Waals surface area (Å²) in [6.07, 6.45) is 3.80. The van der Waals surface area contributed by atoms with Gasteiger partial charge in [0.2, 0.25) is 11.8 Å². The maximum absolute atomic E-state index is 15.3. The third kappa shape index (κ3) is 8.07. The Kier molecular flexibility index (Phi) is 11.0. The Labute approximate surface area is 279 Å². The molecule has 240 valence electrons. The summed E-state index contributed by atoms with van der Waals surface area (Å²) in [6, 6.07) is 25.9. The number of hydrogen-bond donors (Lipinski definition) is 1. The van der Waals surface area contributed by atoms with Gasteiger partial charge < -0.3 is 10.2 Å². The van der Waals surface area contributed by atoms with E-state index >= 15 is 4.39 Å². The molecule has 7 nitrogen and oxygen atoms in total. The first-order valence-corrected chi connectivity index (χ1v) is 17.2. The fourth-order valence-electron chi connectivity index (χ4n) is 5.64. The van der Waals surface area contributed by atoms with E-state index in [1.165, 1.54) is 41.3 Å². The first kappa shape index (κ1) is 33.4. The number of rotatable bonds is 12. The van der Waals surface area contributed by atoms with Gasteiger partial charge in [-0.3, -0.25) is 13.9 Å². The van der Waals surface area contributed by atoms with E-state index in [1.807, 2.05) is 30.3 Å². The van der Waals surface area contributed by atoms with Gasteiger partial charge in [0, 0.05) is 29.1 Å². The SMILES string of the molecule is O=C(NC1CCCC1)[C@@H](Cc1ccccc1)N(Cc1ccc(Cl)cc1Cl)C(=O)CN(c1ccccc1F)S(=O)(=O)c1ccccc1. The smallest absolute Gasteiger partial charge is 0.264 e. The van der Waals surface area contributed by atoms with E-state index in [-0.39, 0.29) is 40.5 Å². The van der Waals surface area contributed by atoms with Gasteiger partial charge in [-0.2, -0.15) is 0 Å². The van der Waals surface area contributed by atoms with Crippen LogP contribution < -0.4 is 9.62 Å². The molecule has 46 heavy (non-hydrogen) atoms. The first-order chi connectivity index (χ1) is 22.1. The van der Waals surface area contributed by atoms with Crippen LogP contribution >= 0.6 is 23.2 Å². The first-order valence-electron chi connectivity index (χ1n) is 15.0. The summed E-state index contributed by atoms with van der Waals surface area (Å²) in [5.74, 6) is -1.89. The number of nitrogens with zero attached hydrogens (tertiary/aromatic N) is 2. The van der Waals surface area contributed by atoms with E-state index < -0.39 is 34.3 Å². The molecule has 1 atom stereocenters. The number of sulfonamides is 1. The van der Waals surface area contributed by atoms with Crippen molar-refractivity contribution in [3.8, 4) is 0 Å². The monoisotopic (exact) mass is 681 g/mol. The number of amides is 2. The van der Waals surface area contributed by atoms with Crippen LogP contribution in [0.1, 0.15) is 36.8 Å². The van der Waals surface area contributed by atoms with Gasteiger partial charge >= 0.3 is 0 Å². The standard InChI is InChI=1S/C35H34Cl2FN3O4S/c36-27-20-19-26(30(37)22-27)23-40(33(21-25-11-3-1-4-12-25)35(43)39-28-13-7-8-14-28)34(42)24-41(32-18-10-9-17-31(32)38)46(44,45)29-15-5-2-6-16-29/h1-6,9-12,15-20,22,28,33H,7-8,13-14,21,23-24H2,(H,39,43)/t33-/m1/s1. The van der Waals surface area contributed by atoms with Crippen LogP contribution in [-0.4, -0.2) is 43.8 Å². The number of anilines is 1. The number of hydrogen-bond acceptors (Lipinski definition) is 4. The highest BCUT2D eigenvalue weighted by Gasteiger charge is 2.36. The molecule has 1 aliphatic rings. The quantitative estimate of drug-likeness (QED) is 0.174. The van der Waals surface area contributed by atoms with Gasteiger partial charge in [-0.15, -0.1) is 0 Å². The molecule has 11 heteroatoms. The summed E-state index contributed by atoms with van der Waals surface area (Å²) in [5, 5.41) is 3.79. The topological polar surface area (TPSA) is 86.8 Å². The molecule has 0 unspecified atom stereocenters. The lowest BCUT2D eigenvalue weighted by Gasteiger charge is -2.34. The Morgan fingerprint density at radius 1 is 0.870 bits per heavy atom. The lowest BCUT2D eigenvalue weighted by molar-refractivity contribution is -0.140. The molecule has 2 amide bonds. The van der Waals surface area contributed by atoms with Gasteiger partial charge in [-0.05, 0) is 60.4 Å². The molecule has 1 fully saturated rings. The van der Waals surface area contributed by atoms with E-state index in [2.05, 4.69) is 5.32 Å². The molecular weight excluding hydrogens is 648 g/mol. The molecule has 4 aromatic rings. The second kappa shape index (κ2) is 15.1. The minimum Gasteiger partial charge on any atom is -0.352 e. The summed E-state index contributed by atoms with van der Waals surface area (Å²) in [7, 11) is -4.41. The van der Waals surface area contributed by atoms with E-state index in [9.17, 15) is 18.0 Å². The van der Waals surface area contributed by atoms with Gasteiger partial charge in [-0.25, -0.2) is 12.8 Å². The second-order valence-electron chi connectivity index (χ2n) is 11.2. The molecule has 1 saturated carbocycles. The molecule has 1 aliphatic carbocycles. The van der Waals surface area contributed by atoms with Crippen LogP contribution in [0.2, 0.25) is 10.0 Å². The molecule has 1 N–H and O–H groups in total. The molecule has 0 spiro atoms. The van der Waals surface area contributed by atoms with Gasteiger partial charge in [0.1, 0.15) is 18.4 Å². The zero-order chi connectivity index (χ0) is 32.7. The van der Waals surface area contributed by atoms with Crippen LogP contribution in [0, 0.1) is 5.82 Å². The highest BCUT2D eigenvalue weighted by atomic mass is 35.5. The molecule has 0 radical (unpaired) electrons. The fraction of sp³-hybridized carbons (Fsp3) is 0.257. The maximum Gasteiger partial charge on any atom is 0.264 e. The normalized spacial score (nSPS) is 14.1. The second-order valence-corrected chi connectivity index (χ2v) is 13.9. The highest BCUT2D eigenvalue weighted by Crippen LogP contribution is 2.29. The summed E-state index contributed by atoms with van der Waals surface area (Å²) < 4.78 is 44.0. The van der Waals surface area contributed by atoms with Crippen molar-refractivity contribution in [2.75, 3.05) is 10.8 Å². The number of nitrogens with one attached hydrogen (secondary N) is 1.